The lowest BCUT2D eigenvalue weighted by atomic mass is 9.98. The number of methoxy groups -OCH3 is 1. The first kappa shape index (κ1) is 24.3. The van der Waals surface area contributed by atoms with Gasteiger partial charge in [-0.05, 0) is 56.9 Å². The Morgan fingerprint density at radius 3 is 2.35 bits per heavy atom. The summed E-state index contributed by atoms with van der Waals surface area (Å²) in [7, 11) is 2.99. The van der Waals surface area contributed by atoms with E-state index in [1.807, 2.05) is 13.8 Å². The van der Waals surface area contributed by atoms with Crippen LogP contribution in [0.1, 0.15) is 69.7 Å². The third kappa shape index (κ3) is 5.03. The van der Waals surface area contributed by atoms with Crippen molar-refractivity contribution in [3.63, 3.8) is 0 Å². The summed E-state index contributed by atoms with van der Waals surface area (Å²) in [6, 6.07) is 4.67. The molecule has 1 aromatic carbocycles. The molecule has 1 aromatic heterocycles. The van der Waals surface area contributed by atoms with Crippen LogP contribution in [0, 0.1) is 25.6 Å². The molecule has 0 bridgehead atoms. The van der Waals surface area contributed by atoms with Crippen LogP contribution in [0.3, 0.4) is 0 Å². The molecule has 6 nitrogen and oxygen atoms in total. The van der Waals surface area contributed by atoms with Gasteiger partial charge in [0.05, 0.1) is 13.2 Å². The minimum absolute atomic E-state index is 0.195. The summed E-state index contributed by atoms with van der Waals surface area (Å²) in [5, 5.41) is 0. The molecule has 1 unspecified atom stereocenters. The summed E-state index contributed by atoms with van der Waals surface area (Å²) in [6.45, 7) is 9.55. The minimum Gasteiger partial charge on any atom is -0.464 e. The largest absolute Gasteiger partial charge is 0.464 e. The SMILES string of the molecule is COC(=O)c1c(C)c(C(=O)C(C)N(CCC(C)C)C(=O)c2cccc(F)c2)c(C)n1C. The van der Waals surface area contributed by atoms with Crippen molar-refractivity contribution in [2.24, 2.45) is 13.0 Å². The molecular weight excluding hydrogens is 399 g/mol. The molecule has 1 atom stereocenters. The molecule has 0 aliphatic rings. The number of carbonyl (C=O) groups is 3. The molecule has 0 fully saturated rings. The van der Waals surface area contributed by atoms with E-state index in [2.05, 4.69) is 0 Å². The highest BCUT2D eigenvalue weighted by molar-refractivity contribution is 6.07. The van der Waals surface area contributed by atoms with Gasteiger partial charge < -0.3 is 14.2 Å². The predicted octanol–water partition coefficient (Wildman–Crippen LogP) is 4.33. The summed E-state index contributed by atoms with van der Waals surface area (Å²) in [4.78, 5) is 40.4. The van der Waals surface area contributed by atoms with Crippen molar-refractivity contribution in [2.45, 2.75) is 47.1 Å². The topological polar surface area (TPSA) is 68.6 Å². The van der Waals surface area contributed by atoms with E-state index in [1.54, 1.807) is 38.5 Å². The number of rotatable bonds is 8. The van der Waals surface area contributed by atoms with E-state index in [1.165, 1.54) is 30.2 Å². The number of ether oxygens (including phenoxy) is 1. The first-order valence-corrected chi connectivity index (χ1v) is 10.4. The Balaban J connectivity index is 2.47. The van der Waals surface area contributed by atoms with Gasteiger partial charge in [0, 0.05) is 30.4 Å². The van der Waals surface area contributed by atoms with Crippen molar-refractivity contribution in [3.05, 3.63) is 58.2 Å². The number of benzene rings is 1. The zero-order chi connectivity index (χ0) is 23.5. The van der Waals surface area contributed by atoms with Gasteiger partial charge in [0.15, 0.2) is 5.78 Å². The van der Waals surface area contributed by atoms with Crippen LogP contribution in [0.4, 0.5) is 4.39 Å². The quantitative estimate of drug-likeness (QED) is 0.462. The van der Waals surface area contributed by atoms with Crippen molar-refractivity contribution in [1.82, 2.24) is 9.47 Å². The molecule has 7 heteroatoms. The Bertz CT molecular complexity index is 994. The predicted molar refractivity (Wildman–Crippen MR) is 117 cm³/mol. The zero-order valence-corrected chi connectivity index (χ0v) is 19.3. The first-order valence-electron chi connectivity index (χ1n) is 10.4. The maximum absolute atomic E-state index is 13.7. The third-order valence-electron chi connectivity index (χ3n) is 5.68. The van der Waals surface area contributed by atoms with E-state index >= 15 is 0 Å². The Kier molecular flexibility index (Phi) is 7.76. The van der Waals surface area contributed by atoms with E-state index in [4.69, 9.17) is 4.74 Å². The number of esters is 1. The molecule has 0 radical (unpaired) electrons. The van der Waals surface area contributed by atoms with E-state index in [0.717, 1.165) is 0 Å². The highest BCUT2D eigenvalue weighted by Crippen LogP contribution is 2.25. The summed E-state index contributed by atoms with van der Waals surface area (Å²) < 4.78 is 20.2. The number of carbonyl (C=O) groups excluding carboxylic acids is 3. The smallest absolute Gasteiger partial charge is 0.354 e. The number of ketones is 1. The third-order valence-corrected chi connectivity index (χ3v) is 5.68. The Morgan fingerprint density at radius 1 is 1.16 bits per heavy atom. The van der Waals surface area contributed by atoms with Crippen molar-refractivity contribution >= 4 is 17.7 Å². The fourth-order valence-corrected chi connectivity index (χ4v) is 3.73. The fraction of sp³-hybridized carbons (Fsp3) is 0.458. The highest BCUT2D eigenvalue weighted by atomic mass is 19.1. The monoisotopic (exact) mass is 430 g/mol. The van der Waals surface area contributed by atoms with Crippen LogP contribution in [0.15, 0.2) is 24.3 Å². The number of aromatic nitrogens is 1. The standard InChI is InChI=1S/C24H31FN2O4/c1-14(2)11-12-27(23(29)18-9-8-10-19(25)13-18)17(5)22(28)20-15(3)21(24(30)31-7)26(6)16(20)4/h8-10,13-14,17H,11-12H2,1-7H3. The van der Waals surface area contributed by atoms with Gasteiger partial charge >= 0.3 is 5.97 Å². The zero-order valence-electron chi connectivity index (χ0n) is 19.3. The van der Waals surface area contributed by atoms with Crippen molar-refractivity contribution in [2.75, 3.05) is 13.7 Å². The lowest BCUT2D eigenvalue weighted by molar-refractivity contribution is 0.0587. The van der Waals surface area contributed by atoms with E-state index in [-0.39, 0.29) is 11.3 Å². The number of hydrogen-bond donors (Lipinski definition) is 0. The summed E-state index contributed by atoms with van der Waals surface area (Å²) >= 11 is 0. The maximum atomic E-state index is 13.7. The van der Waals surface area contributed by atoms with Crippen LogP contribution in [-0.4, -0.2) is 46.8 Å². The van der Waals surface area contributed by atoms with Crippen LogP contribution >= 0.6 is 0 Å². The Hall–Kier alpha value is -2.96. The van der Waals surface area contributed by atoms with Gasteiger partial charge in [-0.1, -0.05) is 19.9 Å². The molecule has 2 rings (SSSR count). The molecule has 1 heterocycles. The van der Waals surface area contributed by atoms with Crippen molar-refractivity contribution in [3.8, 4) is 0 Å². The van der Waals surface area contributed by atoms with Crippen LogP contribution in [-0.2, 0) is 11.8 Å². The first-order chi connectivity index (χ1) is 14.5. The number of nitrogens with zero attached hydrogens (tertiary/aromatic N) is 2. The van der Waals surface area contributed by atoms with Gasteiger partial charge in [-0.25, -0.2) is 9.18 Å². The number of halogens is 1. The summed E-state index contributed by atoms with van der Waals surface area (Å²) in [5.74, 6) is -1.39. The van der Waals surface area contributed by atoms with E-state index in [0.29, 0.717) is 41.4 Å². The van der Waals surface area contributed by atoms with E-state index in [9.17, 15) is 18.8 Å². The number of Topliss-reactive ketones (excluding diaryl/α,β-unsaturated/α-hetero) is 1. The molecule has 2 aromatic rings. The normalized spacial score (nSPS) is 12.0. The average molecular weight is 431 g/mol. The van der Waals surface area contributed by atoms with Crippen LogP contribution in [0.2, 0.25) is 0 Å². The van der Waals surface area contributed by atoms with Gasteiger partial charge in [-0.2, -0.15) is 0 Å². The van der Waals surface area contributed by atoms with Crippen LogP contribution < -0.4 is 0 Å². The molecule has 0 aliphatic carbocycles. The van der Waals surface area contributed by atoms with Crippen LogP contribution in [0.25, 0.3) is 0 Å². The molecule has 0 aliphatic heterocycles. The molecule has 0 spiro atoms. The molecule has 0 N–H and O–H groups in total. The van der Waals surface area contributed by atoms with Gasteiger partial charge in [0.1, 0.15) is 11.5 Å². The lowest BCUT2D eigenvalue weighted by Crippen LogP contribution is -2.44. The fourth-order valence-electron chi connectivity index (χ4n) is 3.73. The highest BCUT2D eigenvalue weighted by Gasteiger charge is 2.32. The number of hydrogen-bond acceptors (Lipinski definition) is 4. The molecule has 168 valence electrons. The molecule has 1 amide bonds. The molecule has 0 saturated heterocycles. The lowest BCUT2D eigenvalue weighted by Gasteiger charge is -2.29. The molecule has 0 saturated carbocycles. The van der Waals surface area contributed by atoms with Gasteiger partial charge in [0.2, 0.25) is 0 Å². The van der Waals surface area contributed by atoms with Gasteiger partial charge in [-0.15, -0.1) is 0 Å². The van der Waals surface area contributed by atoms with Gasteiger partial charge in [0.25, 0.3) is 5.91 Å². The van der Waals surface area contributed by atoms with Crippen molar-refractivity contribution in [1.29, 1.82) is 0 Å². The number of amides is 1. The van der Waals surface area contributed by atoms with Gasteiger partial charge in [-0.3, -0.25) is 9.59 Å². The second-order valence-electron chi connectivity index (χ2n) is 8.22. The second-order valence-corrected chi connectivity index (χ2v) is 8.22. The maximum Gasteiger partial charge on any atom is 0.354 e. The summed E-state index contributed by atoms with van der Waals surface area (Å²) in [6.07, 6.45) is 0.693. The van der Waals surface area contributed by atoms with E-state index < -0.39 is 23.7 Å². The average Bonchev–Trinajstić information content (AvgIpc) is 2.94. The Labute approximate surface area is 183 Å². The molecule has 31 heavy (non-hydrogen) atoms. The summed E-state index contributed by atoms with van der Waals surface area (Å²) in [5.41, 5.74) is 2.04. The van der Waals surface area contributed by atoms with Crippen LogP contribution in [0.5, 0.6) is 0 Å². The minimum atomic E-state index is -0.792. The second kappa shape index (κ2) is 9.90. The molecular formula is C24H31FN2O4. The Morgan fingerprint density at radius 2 is 1.81 bits per heavy atom. The van der Waals surface area contributed by atoms with Crippen molar-refractivity contribution < 1.29 is 23.5 Å².